The van der Waals surface area contributed by atoms with Crippen LogP contribution < -0.4 is 10.1 Å². The summed E-state index contributed by atoms with van der Waals surface area (Å²) < 4.78 is 10.9. The van der Waals surface area contributed by atoms with E-state index in [1.54, 1.807) is 30.5 Å². The van der Waals surface area contributed by atoms with Crippen molar-refractivity contribution in [1.29, 1.82) is 0 Å². The third-order valence-electron chi connectivity index (χ3n) is 3.08. The zero-order valence-electron chi connectivity index (χ0n) is 11.9. The molecule has 1 N–H and O–H groups in total. The van der Waals surface area contributed by atoms with Gasteiger partial charge < -0.3 is 14.5 Å². The minimum absolute atomic E-state index is 0.171. The Morgan fingerprint density at radius 2 is 1.77 bits per heavy atom. The van der Waals surface area contributed by atoms with Crippen LogP contribution in [0.15, 0.2) is 77.4 Å². The van der Waals surface area contributed by atoms with Crippen molar-refractivity contribution in [3.05, 3.63) is 84.3 Å². The van der Waals surface area contributed by atoms with Gasteiger partial charge in [0.05, 0.1) is 12.8 Å². The number of carbonyl (C=O) groups excluding carboxylic acids is 1. The fourth-order valence-corrected chi connectivity index (χ4v) is 2.01. The number of para-hydroxylation sites is 1. The van der Waals surface area contributed by atoms with E-state index in [9.17, 15) is 4.79 Å². The molecule has 3 aromatic rings. The molecule has 0 aliphatic rings. The van der Waals surface area contributed by atoms with Crippen LogP contribution >= 0.6 is 0 Å². The van der Waals surface area contributed by atoms with E-state index < -0.39 is 0 Å². The van der Waals surface area contributed by atoms with Gasteiger partial charge in [-0.25, -0.2) is 0 Å². The zero-order chi connectivity index (χ0) is 15.2. The highest BCUT2D eigenvalue weighted by atomic mass is 16.5. The van der Waals surface area contributed by atoms with Crippen molar-refractivity contribution < 1.29 is 13.9 Å². The van der Waals surface area contributed by atoms with Crippen LogP contribution in [-0.2, 0) is 6.54 Å². The quantitative estimate of drug-likeness (QED) is 0.773. The maximum Gasteiger partial charge on any atom is 0.251 e. The zero-order valence-corrected chi connectivity index (χ0v) is 11.9. The first-order chi connectivity index (χ1) is 10.8. The van der Waals surface area contributed by atoms with Gasteiger partial charge in [0.25, 0.3) is 5.91 Å². The average Bonchev–Trinajstić information content (AvgIpc) is 3.07. The van der Waals surface area contributed by atoms with Crippen LogP contribution in [0.1, 0.15) is 16.1 Å². The summed E-state index contributed by atoms with van der Waals surface area (Å²) >= 11 is 0. The van der Waals surface area contributed by atoms with E-state index in [1.165, 1.54) is 0 Å². The highest BCUT2D eigenvalue weighted by Crippen LogP contribution is 2.21. The largest absolute Gasteiger partial charge is 0.467 e. The van der Waals surface area contributed by atoms with Crippen molar-refractivity contribution in [2.24, 2.45) is 0 Å². The number of amides is 1. The highest BCUT2D eigenvalue weighted by Gasteiger charge is 2.07. The number of ether oxygens (including phenoxy) is 1. The molecule has 0 saturated heterocycles. The van der Waals surface area contributed by atoms with Gasteiger partial charge in [-0.15, -0.1) is 0 Å². The lowest BCUT2D eigenvalue weighted by Gasteiger charge is -2.08. The summed E-state index contributed by atoms with van der Waals surface area (Å²) in [7, 11) is 0. The molecule has 0 aliphatic heterocycles. The van der Waals surface area contributed by atoms with E-state index in [4.69, 9.17) is 9.15 Å². The van der Waals surface area contributed by atoms with Gasteiger partial charge in [0, 0.05) is 5.56 Å². The number of rotatable bonds is 5. The summed E-state index contributed by atoms with van der Waals surface area (Å²) in [4.78, 5) is 12.1. The predicted octanol–water partition coefficient (Wildman–Crippen LogP) is 4.00. The van der Waals surface area contributed by atoms with Crippen LogP contribution in [-0.4, -0.2) is 5.91 Å². The van der Waals surface area contributed by atoms with Crippen molar-refractivity contribution >= 4 is 5.91 Å². The Bertz CT molecular complexity index is 736. The number of hydrogen-bond donors (Lipinski definition) is 1. The van der Waals surface area contributed by atoms with E-state index in [1.807, 2.05) is 42.5 Å². The first-order valence-electron chi connectivity index (χ1n) is 6.95. The first-order valence-corrected chi connectivity index (χ1v) is 6.95. The number of nitrogens with one attached hydrogen (secondary N) is 1. The fraction of sp³-hybridized carbons (Fsp3) is 0.0556. The first kappa shape index (κ1) is 13.9. The normalized spacial score (nSPS) is 10.2. The molecule has 1 amide bonds. The molecular weight excluding hydrogens is 278 g/mol. The van der Waals surface area contributed by atoms with Gasteiger partial charge >= 0.3 is 0 Å². The van der Waals surface area contributed by atoms with Gasteiger partial charge in [-0.3, -0.25) is 4.79 Å². The van der Waals surface area contributed by atoms with Crippen molar-refractivity contribution in [1.82, 2.24) is 5.32 Å². The topological polar surface area (TPSA) is 51.5 Å². The van der Waals surface area contributed by atoms with Gasteiger partial charge in [-0.05, 0) is 42.5 Å². The van der Waals surface area contributed by atoms with E-state index in [2.05, 4.69) is 5.32 Å². The molecular formula is C18H15NO3. The Morgan fingerprint density at radius 1 is 0.955 bits per heavy atom. The molecule has 110 valence electrons. The van der Waals surface area contributed by atoms with Crippen LogP contribution in [0.5, 0.6) is 11.5 Å². The summed E-state index contributed by atoms with van der Waals surface area (Å²) in [5.41, 5.74) is 0.542. The maximum absolute atomic E-state index is 12.1. The number of carbonyl (C=O) groups is 1. The Kier molecular flexibility index (Phi) is 4.20. The molecule has 3 rings (SSSR count). The number of hydrogen-bond acceptors (Lipinski definition) is 3. The SMILES string of the molecule is O=C(NCc1ccco1)c1cccc(Oc2ccccc2)c1. The molecule has 0 spiro atoms. The molecule has 0 aliphatic carbocycles. The summed E-state index contributed by atoms with van der Waals surface area (Å²) in [5.74, 6) is 1.90. The summed E-state index contributed by atoms with van der Waals surface area (Å²) in [6, 6.07) is 20.1. The number of furan rings is 1. The molecule has 22 heavy (non-hydrogen) atoms. The van der Waals surface area contributed by atoms with Crippen LogP contribution in [0.4, 0.5) is 0 Å². The smallest absolute Gasteiger partial charge is 0.251 e. The summed E-state index contributed by atoms with van der Waals surface area (Å²) in [5, 5.41) is 2.80. The van der Waals surface area contributed by atoms with E-state index >= 15 is 0 Å². The van der Waals surface area contributed by atoms with Crippen molar-refractivity contribution in [2.75, 3.05) is 0 Å². The minimum atomic E-state index is -0.171. The summed E-state index contributed by atoms with van der Waals surface area (Å²) in [6.07, 6.45) is 1.58. The third kappa shape index (κ3) is 3.55. The maximum atomic E-state index is 12.1. The van der Waals surface area contributed by atoms with Crippen molar-refractivity contribution in [2.45, 2.75) is 6.54 Å². The molecule has 0 fully saturated rings. The second kappa shape index (κ2) is 6.63. The molecule has 0 saturated carbocycles. The molecule has 4 heteroatoms. The van der Waals surface area contributed by atoms with E-state index in [0.29, 0.717) is 23.6 Å². The Balaban J connectivity index is 1.66. The molecule has 0 bridgehead atoms. The van der Waals surface area contributed by atoms with E-state index in [-0.39, 0.29) is 5.91 Å². The fourth-order valence-electron chi connectivity index (χ4n) is 2.01. The minimum Gasteiger partial charge on any atom is -0.467 e. The van der Waals surface area contributed by atoms with Gasteiger partial charge in [-0.1, -0.05) is 24.3 Å². The van der Waals surface area contributed by atoms with Crippen LogP contribution in [0.25, 0.3) is 0 Å². The van der Waals surface area contributed by atoms with Crippen LogP contribution in [0, 0.1) is 0 Å². The molecule has 2 aromatic carbocycles. The monoisotopic (exact) mass is 293 g/mol. The van der Waals surface area contributed by atoms with Crippen molar-refractivity contribution in [3.8, 4) is 11.5 Å². The second-order valence-electron chi connectivity index (χ2n) is 4.70. The molecule has 4 nitrogen and oxygen atoms in total. The lowest BCUT2D eigenvalue weighted by Crippen LogP contribution is -2.22. The summed E-state index contributed by atoms with van der Waals surface area (Å²) in [6.45, 7) is 0.357. The molecule has 1 heterocycles. The second-order valence-corrected chi connectivity index (χ2v) is 4.70. The predicted molar refractivity (Wildman–Crippen MR) is 82.8 cm³/mol. The molecule has 0 atom stereocenters. The Labute approximate surface area is 128 Å². The van der Waals surface area contributed by atoms with Gasteiger partial charge in [0.1, 0.15) is 17.3 Å². The molecule has 1 aromatic heterocycles. The average molecular weight is 293 g/mol. The number of benzene rings is 2. The Hall–Kier alpha value is -3.01. The third-order valence-corrected chi connectivity index (χ3v) is 3.08. The standard InChI is InChI=1S/C18H15NO3/c20-18(19-13-17-10-5-11-21-17)14-6-4-9-16(12-14)22-15-7-2-1-3-8-15/h1-12H,13H2,(H,19,20). The van der Waals surface area contributed by atoms with Crippen LogP contribution in [0.3, 0.4) is 0 Å². The Morgan fingerprint density at radius 3 is 2.55 bits per heavy atom. The van der Waals surface area contributed by atoms with Gasteiger partial charge in [0.15, 0.2) is 0 Å². The van der Waals surface area contributed by atoms with E-state index in [0.717, 1.165) is 5.75 Å². The van der Waals surface area contributed by atoms with Crippen LogP contribution in [0.2, 0.25) is 0 Å². The highest BCUT2D eigenvalue weighted by molar-refractivity contribution is 5.94. The van der Waals surface area contributed by atoms with Gasteiger partial charge in [-0.2, -0.15) is 0 Å². The lowest BCUT2D eigenvalue weighted by atomic mass is 10.2. The molecule has 0 unspecified atom stereocenters. The van der Waals surface area contributed by atoms with Crippen molar-refractivity contribution in [3.63, 3.8) is 0 Å². The van der Waals surface area contributed by atoms with Gasteiger partial charge in [0.2, 0.25) is 0 Å². The molecule has 0 radical (unpaired) electrons. The lowest BCUT2D eigenvalue weighted by molar-refractivity contribution is 0.0947.